The molecule has 0 aromatic heterocycles. The number of guanidine groups is 1. The minimum atomic E-state index is 0. The second-order valence-electron chi connectivity index (χ2n) is 5.92. The van der Waals surface area contributed by atoms with E-state index in [0.29, 0.717) is 12.6 Å². The van der Waals surface area contributed by atoms with Crippen molar-refractivity contribution in [3.05, 3.63) is 18.2 Å². The van der Waals surface area contributed by atoms with Gasteiger partial charge in [-0.15, -0.1) is 24.0 Å². The summed E-state index contributed by atoms with van der Waals surface area (Å²) in [4.78, 5) is 7.12. The summed E-state index contributed by atoms with van der Waals surface area (Å²) in [5.74, 6) is 2.26. The van der Waals surface area contributed by atoms with Crippen LogP contribution in [0.25, 0.3) is 0 Å². The molecule has 1 unspecified atom stereocenters. The first-order valence-corrected chi connectivity index (χ1v) is 8.74. The van der Waals surface area contributed by atoms with Crippen LogP contribution in [0.3, 0.4) is 0 Å². The van der Waals surface area contributed by atoms with Gasteiger partial charge in [0.1, 0.15) is 0 Å². The maximum absolute atomic E-state index is 5.63. The smallest absolute Gasteiger partial charge is 0.195 e. The fourth-order valence-electron chi connectivity index (χ4n) is 2.87. The summed E-state index contributed by atoms with van der Waals surface area (Å²) in [5, 5.41) is 6.65. The Morgan fingerprint density at radius 2 is 2.12 bits per heavy atom. The number of rotatable bonds is 7. The maximum atomic E-state index is 5.63. The zero-order chi connectivity index (χ0) is 17.4. The molecule has 1 fully saturated rings. The number of halogens is 1. The van der Waals surface area contributed by atoms with E-state index in [4.69, 9.17) is 14.5 Å². The van der Waals surface area contributed by atoms with E-state index >= 15 is 0 Å². The van der Waals surface area contributed by atoms with Crippen LogP contribution in [-0.4, -0.2) is 57.3 Å². The number of anilines is 1. The van der Waals surface area contributed by atoms with E-state index in [9.17, 15) is 0 Å². The Kier molecular flexibility index (Phi) is 9.96. The zero-order valence-corrected chi connectivity index (χ0v) is 18.0. The van der Waals surface area contributed by atoms with Gasteiger partial charge in [-0.2, -0.15) is 0 Å². The van der Waals surface area contributed by atoms with Gasteiger partial charge in [0.25, 0.3) is 0 Å². The number of methoxy groups -OCH3 is 1. The third-order valence-electron chi connectivity index (χ3n) is 4.20. The summed E-state index contributed by atoms with van der Waals surface area (Å²) < 4.78 is 11.0. The Morgan fingerprint density at radius 3 is 2.72 bits per heavy atom. The van der Waals surface area contributed by atoms with Crippen molar-refractivity contribution >= 4 is 35.6 Å². The van der Waals surface area contributed by atoms with Crippen LogP contribution >= 0.6 is 24.0 Å². The van der Waals surface area contributed by atoms with Gasteiger partial charge in [0.15, 0.2) is 17.5 Å². The predicted octanol–water partition coefficient (Wildman–Crippen LogP) is 3.18. The number of likely N-dealkylation sites (N-methyl/N-ethyl adjacent to an activating group) is 1. The predicted molar refractivity (Wildman–Crippen MR) is 115 cm³/mol. The molecule has 1 aromatic carbocycles. The summed E-state index contributed by atoms with van der Waals surface area (Å²) in [6.07, 6.45) is 2.48. The molecule has 6 nitrogen and oxygen atoms in total. The first-order chi connectivity index (χ1) is 11.7. The molecule has 0 bridgehead atoms. The topological polar surface area (TPSA) is 58.1 Å². The Labute approximate surface area is 168 Å². The fourth-order valence-corrected chi connectivity index (χ4v) is 2.87. The average Bonchev–Trinajstić information content (AvgIpc) is 2.98. The number of ether oxygens (including phenoxy) is 2. The van der Waals surface area contributed by atoms with Crippen molar-refractivity contribution in [1.82, 2.24) is 10.2 Å². The lowest BCUT2D eigenvalue weighted by Gasteiger charge is -2.18. The van der Waals surface area contributed by atoms with Crippen LogP contribution in [0.4, 0.5) is 5.69 Å². The molecule has 2 N–H and O–H groups in total. The van der Waals surface area contributed by atoms with Crippen molar-refractivity contribution in [2.24, 2.45) is 4.99 Å². The van der Waals surface area contributed by atoms with Crippen LogP contribution < -0.4 is 20.1 Å². The minimum absolute atomic E-state index is 0. The van der Waals surface area contributed by atoms with E-state index in [1.54, 1.807) is 7.11 Å². The molecule has 0 saturated carbocycles. The molecule has 0 amide bonds. The second kappa shape index (κ2) is 11.4. The van der Waals surface area contributed by atoms with Gasteiger partial charge in [0, 0.05) is 24.3 Å². The van der Waals surface area contributed by atoms with Gasteiger partial charge in [-0.05, 0) is 52.4 Å². The Hall–Kier alpha value is -1.22. The summed E-state index contributed by atoms with van der Waals surface area (Å²) >= 11 is 0. The number of aliphatic imine (C=N–C) groups is 1. The third kappa shape index (κ3) is 6.54. The number of benzene rings is 1. The highest BCUT2D eigenvalue weighted by Crippen LogP contribution is 2.30. The van der Waals surface area contributed by atoms with Crippen molar-refractivity contribution < 1.29 is 9.47 Å². The molecule has 0 spiro atoms. The van der Waals surface area contributed by atoms with Crippen LogP contribution in [0, 0.1) is 0 Å². The highest BCUT2D eigenvalue weighted by molar-refractivity contribution is 14.0. The molecule has 25 heavy (non-hydrogen) atoms. The van der Waals surface area contributed by atoms with E-state index in [0.717, 1.165) is 36.2 Å². The summed E-state index contributed by atoms with van der Waals surface area (Å²) in [6, 6.07) is 6.35. The van der Waals surface area contributed by atoms with Crippen molar-refractivity contribution in [2.45, 2.75) is 32.7 Å². The van der Waals surface area contributed by atoms with Gasteiger partial charge in [-0.25, -0.2) is 0 Å². The first kappa shape index (κ1) is 21.8. The van der Waals surface area contributed by atoms with Crippen LogP contribution in [0.1, 0.15) is 26.7 Å². The van der Waals surface area contributed by atoms with Gasteiger partial charge < -0.3 is 25.0 Å². The number of hydrogen-bond donors (Lipinski definition) is 2. The molecule has 1 aliphatic rings. The van der Waals surface area contributed by atoms with Crippen LogP contribution in [0.2, 0.25) is 0 Å². The summed E-state index contributed by atoms with van der Waals surface area (Å²) in [6.45, 7) is 7.42. The Morgan fingerprint density at radius 1 is 1.32 bits per heavy atom. The van der Waals surface area contributed by atoms with E-state index in [1.807, 2.05) is 25.1 Å². The molecular weight excluding hydrogens is 431 g/mol. The molecule has 1 atom stereocenters. The standard InChI is InChI=1S/C18H30N4O2.HI/c1-5-19-18(20-13-15-8-7-11-22(15)3)21-14-9-10-16(23-4)17(12-14)24-6-2;/h9-10,12,15H,5-8,11,13H2,1-4H3,(H2,19,20,21);1H. The minimum Gasteiger partial charge on any atom is -0.493 e. The van der Waals surface area contributed by atoms with E-state index in [2.05, 4.69) is 29.5 Å². The average molecular weight is 462 g/mol. The fraction of sp³-hybridized carbons (Fsp3) is 0.611. The molecule has 1 heterocycles. The molecule has 142 valence electrons. The highest BCUT2D eigenvalue weighted by Gasteiger charge is 2.20. The van der Waals surface area contributed by atoms with Crippen molar-refractivity contribution in [3.8, 4) is 11.5 Å². The lowest BCUT2D eigenvalue weighted by molar-refractivity contribution is 0.311. The van der Waals surface area contributed by atoms with Gasteiger partial charge >= 0.3 is 0 Å². The van der Waals surface area contributed by atoms with Crippen LogP contribution in [0.5, 0.6) is 11.5 Å². The van der Waals surface area contributed by atoms with Gasteiger partial charge in [0.05, 0.1) is 20.3 Å². The van der Waals surface area contributed by atoms with Crippen LogP contribution in [-0.2, 0) is 0 Å². The van der Waals surface area contributed by atoms with E-state index < -0.39 is 0 Å². The van der Waals surface area contributed by atoms with Crippen LogP contribution in [0.15, 0.2) is 23.2 Å². The van der Waals surface area contributed by atoms with Gasteiger partial charge in [-0.3, -0.25) is 4.99 Å². The van der Waals surface area contributed by atoms with Crippen molar-refractivity contribution in [1.29, 1.82) is 0 Å². The second-order valence-corrected chi connectivity index (χ2v) is 5.92. The van der Waals surface area contributed by atoms with Crippen molar-refractivity contribution in [2.75, 3.05) is 45.7 Å². The molecule has 1 aromatic rings. The van der Waals surface area contributed by atoms with E-state index in [1.165, 1.54) is 19.4 Å². The molecule has 1 saturated heterocycles. The third-order valence-corrected chi connectivity index (χ3v) is 4.20. The Balaban J connectivity index is 0.00000312. The summed E-state index contributed by atoms with van der Waals surface area (Å²) in [5.41, 5.74) is 0.929. The maximum Gasteiger partial charge on any atom is 0.195 e. The number of likely N-dealkylation sites (tertiary alicyclic amines) is 1. The largest absolute Gasteiger partial charge is 0.493 e. The normalized spacial score (nSPS) is 17.8. The number of nitrogens with zero attached hydrogens (tertiary/aromatic N) is 2. The molecule has 7 heteroatoms. The lowest BCUT2D eigenvalue weighted by atomic mass is 10.2. The molecule has 0 aliphatic carbocycles. The number of hydrogen-bond acceptors (Lipinski definition) is 4. The quantitative estimate of drug-likeness (QED) is 0.371. The highest BCUT2D eigenvalue weighted by atomic mass is 127. The Bertz CT molecular complexity index is 554. The molecule has 2 rings (SSSR count). The van der Waals surface area contributed by atoms with Gasteiger partial charge in [-0.1, -0.05) is 0 Å². The molecule has 0 radical (unpaired) electrons. The SMILES string of the molecule is CCNC(=NCC1CCCN1C)Nc1ccc(OC)c(OCC)c1.I. The lowest BCUT2D eigenvalue weighted by Crippen LogP contribution is -2.33. The monoisotopic (exact) mass is 462 g/mol. The number of nitrogens with one attached hydrogen (secondary N) is 2. The molecule has 1 aliphatic heterocycles. The molecular formula is C18H31IN4O2. The zero-order valence-electron chi connectivity index (χ0n) is 15.7. The van der Waals surface area contributed by atoms with E-state index in [-0.39, 0.29) is 24.0 Å². The van der Waals surface area contributed by atoms with Crippen molar-refractivity contribution in [3.63, 3.8) is 0 Å². The summed E-state index contributed by atoms with van der Waals surface area (Å²) in [7, 11) is 3.82. The first-order valence-electron chi connectivity index (χ1n) is 8.74. The van der Waals surface area contributed by atoms with Gasteiger partial charge in [0.2, 0.25) is 0 Å².